The van der Waals surface area contributed by atoms with Crippen LogP contribution in [0, 0.1) is 5.92 Å². The predicted molar refractivity (Wildman–Crippen MR) is 89.8 cm³/mol. The van der Waals surface area contributed by atoms with Gasteiger partial charge in [-0.3, -0.25) is 14.4 Å². The number of carbonyl (C=O) groups is 4. The van der Waals surface area contributed by atoms with Crippen LogP contribution in [-0.2, 0) is 23.9 Å². The van der Waals surface area contributed by atoms with E-state index in [4.69, 9.17) is 4.74 Å². The predicted octanol–water partition coefficient (Wildman–Crippen LogP) is 1.12. The molecule has 0 unspecified atom stereocenters. The SMILES string of the molecule is COC(=O)C[C@H](C)[C@H](NC(=O)c1ccccc1NC(C)=O)C(=O)OC. The summed E-state index contributed by atoms with van der Waals surface area (Å²) in [5, 5.41) is 5.11. The highest BCUT2D eigenvalue weighted by atomic mass is 16.5. The van der Waals surface area contributed by atoms with E-state index in [1.165, 1.54) is 27.2 Å². The number of nitrogens with one attached hydrogen (secondary N) is 2. The number of ether oxygens (including phenoxy) is 2. The van der Waals surface area contributed by atoms with Gasteiger partial charge in [0.15, 0.2) is 0 Å². The van der Waals surface area contributed by atoms with E-state index in [-0.39, 0.29) is 17.9 Å². The summed E-state index contributed by atoms with van der Waals surface area (Å²) in [6, 6.07) is 5.34. The zero-order valence-corrected chi connectivity index (χ0v) is 14.6. The average molecular weight is 350 g/mol. The maximum Gasteiger partial charge on any atom is 0.328 e. The largest absolute Gasteiger partial charge is 0.469 e. The van der Waals surface area contributed by atoms with Crippen LogP contribution in [0.3, 0.4) is 0 Å². The van der Waals surface area contributed by atoms with Crippen LogP contribution in [0.2, 0.25) is 0 Å². The van der Waals surface area contributed by atoms with E-state index in [9.17, 15) is 19.2 Å². The number of esters is 2. The fourth-order valence-electron chi connectivity index (χ4n) is 2.22. The number of rotatable bonds is 7. The Morgan fingerprint density at radius 2 is 1.72 bits per heavy atom. The topological polar surface area (TPSA) is 111 Å². The van der Waals surface area contributed by atoms with Crippen molar-refractivity contribution in [3.8, 4) is 0 Å². The molecule has 0 radical (unpaired) electrons. The van der Waals surface area contributed by atoms with Gasteiger partial charge >= 0.3 is 11.9 Å². The molecule has 1 rings (SSSR count). The monoisotopic (exact) mass is 350 g/mol. The zero-order valence-electron chi connectivity index (χ0n) is 14.6. The number of anilines is 1. The third kappa shape index (κ3) is 5.91. The summed E-state index contributed by atoms with van der Waals surface area (Å²) in [4.78, 5) is 47.2. The zero-order chi connectivity index (χ0) is 19.0. The van der Waals surface area contributed by atoms with Crippen molar-refractivity contribution in [2.75, 3.05) is 19.5 Å². The van der Waals surface area contributed by atoms with Gasteiger partial charge in [-0.25, -0.2) is 4.79 Å². The Labute approximate surface area is 145 Å². The molecule has 8 heteroatoms. The van der Waals surface area contributed by atoms with Gasteiger partial charge in [-0.05, 0) is 18.1 Å². The second kappa shape index (κ2) is 9.41. The van der Waals surface area contributed by atoms with Gasteiger partial charge in [0.2, 0.25) is 5.91 Å². The molecule has 25 heavy (non-hydrogen) atoms. The quantitative estimate of drug-likeness (QED) is 0.713. The molecule has 2 atom stereocenters. The number of methoxy groups -OCH3 is 2. The minimum absolute atomic E-state index is 0.0656. The second-order valence-electron chi connectivity index (χ2n) is 5.46. The van der Waals surface area contributed by atoms with Gasteiger partial charge in [-0.2, -0.15) is 0 Å². The molecular weight excluding hydrogens is 328 g/mol. The van der Waals surface area contributed by atoms with Crippen LogP contribution in [-0.4, -0.2) is 44.0 Å². The fraction of sp³-hybridized carbons (Fsp3) is 0.412. The average Bonchev–Trinajstić information content (AvgIpc) is 2.58. The van der Waals surface area contributed by atoms with Crippen molar-refractivity contribution in [3.63, 3.8) is 0 Å². The number of para-hydroxylation sites is 1. The van der Waals surface area contributed by atoms with Crippen molar-refractivity contribution in [1.29, 1.82) is 0 Å². The van der Waals surface area contributed by atoms with Crippen molar-refractivity contribution >= 4 is 29.4 Å². The van der Waals surface area contributed by atoms with Gasteiger partial charge in [0.25, 0.3) is 5.91 Å². The highest BCUT2D eigenvalue weighted by Crippen LogP contribution is 2.17. The van der Waals surface area contributed by atoms with Crippen LogP contribution in [0.4, 0.5) is 5.69 Å². The number of benzene rings is 1. The molecule has 0 aromatic heterocycles. The molecule has 0 bridgehead atoms. The van der Waals surface area contributed by atoms with Crippen molar-refractivity contribution in [2.45, 2.75) is 26.3 Å². The van der Waals surface area contributed by atoms with Crippen molar-refractivity contribution in [2.24, 2.45) is 5.92 Å². The Morgan fingerprint density at radius 3 is 2.28 bits per heavy atom. The van der Waals surface area contributed by atoms with Crippen LogP contribution in [0.1, 0.15) is 30.6 Å². The van der Waals surface area contributed by atoms with E-state index < -0.39 is 29.8 Å². The van der Waals surface area contributed by atoms with Crippen molar-refractivity contribution in [3.05, 3.63) is 29.8 Å². The Balaban J connectivity index is 3.01. The minimum atomic E-state index is -1.04. The summed E-state index contributed by atoms with van der Waals surface area (Å²) in [6.45, 7) is 2.95. The molecule has 0 saturated carbocycles. The molecule has 2 amide bonds. The molecule has 1 aromatic carbocycles. The van der Waals surface area contributed by atoms with E-state index in [0.717, 1.165) is 0 Å². The third-order valence-corrected chi connectivity index (χ3v) is 3.51. The van der Waals surface area contributed by atoms with Crippen LogP contribution in [0.5, 0.6) is 0 Å². The highest BCUT2D eigenvalue weighted by molar-refractivity contribution is 6.04. The highest BCUT2D eigenvalue weighted by Gasteiger charge is 2.30. The first-order valence-corrected chi connectivity index (χ1v) is 7.62. The van der Waals surface area contributed by atoms with Crippen LogP contribution >= 0.6 is 0 Å². The number of carbonyl (C=O) groups excluding carboxylic acids is 4. The lowest BCUT2D eigenvalue weighted by Gasteiger charge is -2.22. The van der Waals surface area contributed by atoms with E-state index in [0.29, 0.717) is 5.69 Å². The summed E-state index contributed by atoms with van der Waals surface area (Å²) in [7, 11) is 2.43. The molecule has 0 spiro atoms. The number of amides is 2. The second-order valence-corrected chi connectivity index (χ2v) is 5.46. The molecule has 0 aliphatic carbocycles. The first kappa shape index (κ1) is 20.1. The normalized spacial score (nSPS) is 12.5. The molecule has 0 aliphatic heterocycles. The van der Waals surface area contributed by atoms with E-state index in [2.05, 4.69) is 15.4 Å². The van der Waals surface area contributed by atoms with Crippen LogP contribution in [0.25, 0.3) is 0 Å². The minimum Gasteiger partial charge on any atom is -0.469 e. The lowest BCUT2D eigenvalue weighted by Crippen LogP contribution is -2.46. The summed E-state index contributed by atoms with van der Waals surface area (Å²) >= 11 is 0. The van der Waals surface area contributed by atoms with Crippen LogP contribution in [0.15, 0.2) is 24.3 Å². The number of hydrogen-bond acceptors (Lipinski definition) is 6. The fourth-order valence-corrected chi connectivity index (χ4v) is 2.22. The maximum atomic E-state index is 12.6. The van der Waals surface area contributed by atoms with Gasteiger partial charge in [0.05, 0.1) is 31.9 Å². The van der Waals surface area contributed by atoms with Crippen molar-refractivity contribution in [1.82, 2.24) is 5.32 Å². The maximum absolute atomic E-state index is 12.6. The first-order chi connectivity index (χ1) is 11.8. The Morgan fingerprint density at radius 1 is 1.08 bits per heavy atom. The molecule has 1 aromatic rings. The Hall–Kier alpha value is -2.90. The summed E-state index contributed by atoms with van der Waals surface area (Å²) in [5.74, 6) is -2.63. The summed E-state index contributed by atoms with van der Waals surface area (Å²) < 4.78 is 9.29. The lowest BCUT2D eigenvalue weighted by molar-refractivity contribution is -0.146. The van der Waals surface area contributed by atoms with Gasteiger partial charge < -0.3 is 20.1 Å². The third-order valence-electron chi connectivity index (χ3n) is 3.51. The van der Waals surface area contributed by atoms with Gasteiger partial charge in [-0.15, -0.1) is 0 Å². The standard InChI is InChI=1S/C17H22N2O6/c1-10(9-14(21)24-3)15(17(23)25-4)19-16(22)12-7-5-6-8-13(12)18-11(2)20/h5-8,10,15H,9H2,1-4H3,(H,18,20)(H,19,22)/t10-,15-/m0/s1. The van der Waals surface area contributed by atoms with Crippen LogP contribution < -0.4 is 10.6 Å². The molecule has 0 heterocycles. The van der Waals surface area contributed by atoms with Crippen molar-refractivity contribution < 1.29 is 28.7 Å². The first-order valence-electron chi connectivity index (χ1n) is 7.62. The van der Waals surface area contributed by atoms with Gasteiger partial charge in [-0.1, -0.05) is 19.1 Å². The van der Waals surface area contributed by atoms with E-state index in [1.807, 2.05) is 0 Å². The van der Waals surface area contributed by atoms with Gasteiger partial charge in [0.1, 0.15) is 6.04 Å². The smallest absolute Gasteiger partial charge is 0.328 e. The summed E-state index contributed by atoms with van der Waals surface area (Å²) in [5.41, 5.74) is 0.508. The molecule has 2 N–H and O–H groups in total. The van der Waals surface area contributed by atoms with Gasteiger partial charge in [0, 0.05) is 6.92 Å². The molecule has 8 nitrogen and oxygen atoms in total. The van der Waals surface area contributed by atoms with E-state index >= 15 is 0 Å². The Kier molecular flexibility index (Phi) is 7.58. The number of hydrogen-bond donors (Lipinski definition) is 2. The molecule has 0 saturated heterocycles. The lowest BCUT2D eigenvalue weighted by atomic mass is 9.97. The van der Waals surface area contributed by atoms with E-state index in [1.54, 1.807) is 25.1 Å². The summed E-state index contributed by atoms with van der Waals surface area (Å²) in [6.07, 6.45) is -0.0656. The molecular formula is C17H22N2O6. The Bertz CT molecular complexity index is 658. The molecule has 0 aliphatic rings. The molecule has 136 valence electrons. The molecule has 0 fully saturated rings.